The lowest BCUT2D eigenvalue weighted by Crippen LogP contribution is -2.48. The maximum Gasteiger partial charge on any atom is 0.490 e. The number of hydrogen-bond donors (Lipinski definition) is 1. The van der Waals surface area contributed by atoms with Crippen LogP contribution in [0.4, 0.5) is 13.2 Å². The van der Waals surface area contributed by atoms with Crippen molar-refractivity contribution in [2.24, 2.45) is 0 Å². The van der Waals surface area contributed by atoms with Crippen LogP contribution in [-0.2, 0) is 20.4 Å². The fraction of sp³-hybridized carbons (Fsp3) is 0.429. The Kier molecular flexibility index (Phi) is 7.41. The molecule has 1 atom stereocenters. The van der Waals surface area contributed by atoms with E-state index in [1.807, 2.05) is 48.6 Å². The van der Waals surface area contributed by atoms with Gasteiger partial charge in [-0.2, -0.15) is 17.5 Å². The van der Waals surface area contributed by atoms with Crippen molar-refractivity contribution in [3.8, 4) is 0 Å². The number of nitrogens with zero attached hydrogens (tertiary/aromatic N) is 3. The highest BCUT2D eigenvalue weighted by Crippen LogP contribution is 2.49. The van der Waals surface area contributed by atoms with Crippen LogP contribution >= 0.6 is 11.3 Å². The highest BCUT2D eigenvalue weighted by Gasteiger charge is 2.57. The maximum atomic E-state index is 13.3. The summed E-state index contributed by atoms with van der Waals surface area (Å²) in [4.78, 5) is 26.6. The van der Waals surface area contributed by atoms with E-state index in [2.05, 4.69) is 0 Å². The molecule has 2 aliphatic heterocycles. The number of carboxylic acids is 1. The third kappa shape index (κ3) is 4.97. The van der Waals surface area contributed by atoms with Crippen LogP contribution in [0.25, 0.3) is 0 Å². The Morgan fingerprint density at radius 2 is 1.82 bits per heavy atom. The minimum Gasteiger partial charge on any atom is -0.475 e. The van der Waals surface area contributed by atoms with Crippen LogP contribution in [0.3, 0.4) is 0 Å². The summed E-state index contributed by atoms with van der Waals surface area (Å²) in [6.07, 6.45) is -4.46. The molecule has 0 radical (unpaired) electrons. The number of benzene rings is 1. The van der Waals surface area contributed by atoms with Crippen molar-refractivity contribution in [2.45, 2.75) is 23.0 Å². The Morgan fingerprint density at radius 3 is 2.38 bits per heavy atom. The predicted molar refractivity (Wildman–Crippen MR) is 119 cm³/mol. The van der Waals surface area contributed by atoms with Gasteiger partial charge in [-0.1, -0.05) is 24.3 Å². The lowest BCUT2D eigenvalue weighted by molar-refractivity contribution is -0.192. The summed E-state index contributed by atoms with van der Waals surface area (Å²) in [5.41, 5.74) is 0.156. The first kappa shape index (κ1) is 26.1. The van der Waals surface area contributed by atoms with Crippen molar-refractivity contribution in [1.82, 2.24) is 14.1 Å². The number of carbonyl (C=O) groups is 2. The van der Waals surface area contributed by atoms with Crippen molar-refractivity contribution < 1.29 is 36.3 Å². The number of fused-ring (bicyclic) bond motifs is 2. The topological polar surface area (TPSA) is 98.2 Å². The van der Waals surface area contributed by atoms with E-state index in [0.29, 0.717) is 42.4 Å². The van der Waals surface area contributed by atoms with Crippen molar-refractivity contribution in [3.63, 3.8) is 0 Å². The number of alkyl halides is 3. The second-order valence-corrected chi connectivity index (χ2v) is 10.9. The number of sulfonamides is 1. The monoisotopic (exact) mass is 519 g/mol. The number of likely N-dealkylation sites (tertiary alicyclic amines) is 1. The SMILES string of the molecule is CN(C)CCN1C2(CCN(C(=O)c3cccs3)C2)c2ccccc2S1(=O)=O.O=C(O)C(F)(F)F. The zero-order chi connectivity index (χ0) is 25.3. The van der Waals surface area contributed by atoms with E-state index in [0.717, 1.165) is 5.56 Å². The Balaban J connectivity index is 0.000000406. The Bertz CT molecular complexity index is 1150. The number of thiophene rings is 1. The van der Waals surface area contributed by atoms with Gasteiger partial charge < -0.3 is 14.9 Å². The fourth-order valence-electron chi connectivity index (χ4n) is 4.13. The molecular formula is C21H24F3N3O5S2. The first-order valence-corrected chi connectivity index (χ1v) is 12.5. The molecule has 1 spiro atoms. The lowest BCUT2D eigenvalue weighted by Gasteiger charge is -2.34. The zero-order valence-corrected chi connectivity index (χ0v) is 20.1. The molecule has 0 saturated carbocycles. The highest BCUT2D eigenvalue weighted by molar-refractivity contribution is 7.89. The normalized spacial score (nSPS) is 21.4. The van der Waals surface area contributed by atoms with Crippen molar-refractivity contribution in [3.05, 3.63) is 52.2 Å². The first-order chi connectivity index (χ1) is 15.8. The molecule has 1 saturated heterocycles. The number of amides is 1. The molecule has 8 nitrogen and oxygen atoms in total. The molecule has 1 amide bonds. The molecule has 1 aromatic heterocycles. The summed E-state index contributed by atoms with van der Waals surface area (Å²) in [6.45, 7) is 1.99. The summed E-state index contributed by atoms with van der Waals surface area (Å²) < 4.78 is 59.9. The molecular weight excluding hydrogens is 495 g/mol. The molecule has 0 aliphatic carbocycles. The average Bonchev–Trinajstić information content (AvgIpc) is 3.47. The third-order valence-electron chi connectivity index (χ3n) is 5.69. The van der Waals surface area contributed by atoms with Gasteiger partial charge in [0.2, 0.25) is 10.0 Å². The van der Waals surface area contributed by atoms with Crippen LogP contribution in [0, 0.1) is 0 Å². The van der Waals surface area contributed by atoms with Gasteiger partial charge in [0.15, 0.2) is 0 Å². The first-order valence-electron chi connectivity index (χ1n) is 10.2. The van der Waals surface area contributed by atoms with Gasteiger partial charge in [-0.15, -0.1) is 11.3 Å². The summed E-state index contributed by atoms with van der Waals surface area (Å²) in [5.74, 6) is -2.77. The van der Waals surface area contributed by atoms with Crippen LogP contribution in [-0.4, -0.2) is 86.0 Å². The number of hydrogen-bond acceptors (Lipinski definition) is 6. The largest absolute Gasteiger partial charge is 0.490 e. The summed E-state index contributed by atoms with van der Waals surface area (Å²) in [7, 11) is 0.303. The van der Waals surface area contributed by atoms with E-state index >= 15 is 0 Å². The molecule has 2 aromatic rings. The Morgan fingerprint density at radius 1 is 1.18 bits per heavy atom. The molecule has 4 rings (SSSR count). The number of halogens is 3. The Hall–Kier alpha value is -2.48. The minimum absolute atomic E-state index is 0.0174. The van der Waals surface area contributed by atoms with Gasteiger partial charge in [0, 0.05) is 26.2 Å². The maximum absolute atomic E-state index is 13.3. The molecule has 13 heteroatoms. The van der Waals surface area contributed by atoms with Crippen LogP contribution in [0.15, 0.2) is 46.7 Å². The summed E-state index contributed by atoms with van der Waals surface area (Å²) in [5, 5.41) is 9.01. The summed E-state index contributed by atoms with van der Waals surface area (Å²) >= 11 is 1.42. The number of aliphatic carboxylic acids is 1. The quantitative estimate of drug-likeness (QED) is 0.667. The predicted octanol–water partition coefficient (Wildman–Crippen LogP) is 2.69. The van der Waals surface area contributed by atoms with Gasteiger partial charge in [-0.05, 0) is 43.6 Å². The molecule has 1 N–H and O–H groups in total. The van der Waals surface area contributed by atoms with E-state index in [1.165, 1.54) is 11.3 Å². The minimum atomic E-state index is -5.08. The molecule has 2 aliphatic rings. The Labute approximate surface area is 199 Å². The second-order valence-electron chi connectivity index (χ2n) is 8.17. The van der Waals surface area contributed by atoms with E-state index in [9.17, 15) is 26.4 Å². The van der Waals surface area contributed by atoms with E-state index < -0.39 is 27.7 Å². The van der Waals surface area contributed by atoms with E-state index in [-0.39, 0.29) is 5.91 Å². The number of carboxylic acid groups (broad SMARTS) is 1. The molecule has 34 heavy (non-hydrogen) atoms. The van der Waals surface area contributed by atoms with Crippen molar-refractivity contribution in [1.29, 1.82) is 0 Å². The molecule has 3 heterocycles. The highest BCUT2D eigenvalue weighted by atomic mass is 32.2. The van der Waals surface area contributed by atoms with Crippen LogP contribution in [0.2, 0.25) is 0 Å². The number of carbonyl (C=O) groups excluding carboxylic acids is 1. The molecule has 186 valence electrons. The van der Waals surface area contributed by atoms with Gasteiger partial charge in [0.05, 0.1) is 15.3 Å². The smallest absolute Gasteiger partial charge is 0.475 e. The van der Waals surface area contributed by atoms with E-state index in [4.69, 9.17) is 9.90 Å². The van der Waals surface area contributed by atoms with Gasteiger partial charge in [0.1, 0.15) is 0 Å². The van der Waals surface area contributed by atoms with Gasteiger partial charge >= 0.3 is 12.1 Å². The van der Waals surface area contributed by atoms with Crippen LogP contribution < -0.4 is 0 Å². The zero-order valence-electron chi connectivity index (χ0n) is 18.4. The number of rotatable bonds is 4. The van der Waals surface area contributed by atoms with Gasteiger partial charge in [-0.3, -0.25) is 4.79 Å². The van der Waals surface area contributed by atoms with Crippen LogP contribution in [0.1, 0.15) is 21.7 Å². The number of likely N-dealkylation sites (N-methyl/N-ethyl adjacent to an activating group) is 1. The standard InChI is InChI=1S/C19H23N3O3S2.C2HF3O2/c1-20(2)11-12-22-19(15-6-3-4-8-17(15)27(22,24)25)9-10-21(14-19)18(23)16-7-5-13-26-16;3-2(4,5)1(6)7/h3-8,13H,9-12,14H2,1-2H3;(H,6,7). The van der Waals surface area contributed by atoms with Gasteiger partial charge in [0.25, 0.3) is 5.91 Å². The molecule has 1 unspecified atom stereocenters. The molecule has 1 aromatic carbocycles. The average molecular weight is 520 g/mol. The van der Waals surface area contributed by atoms with E-state index in [1.54, 1.807) is 21.3 Å². The third-order valence-corrected chi connectivity index (χ3v) is 8.58. The molecule has 1 fully saturated rings. The van der Waals surface area contributed by atoms with Crippen LogP contribution in [0.5, 0.6) is 0 Å². The van der Waals surface area contributed by atoms with Gasteiger partial charge in [-0.25, -0.2) is 13.2 Å². The lowest BCUT2D eigenvalue weighted by atomic mass is 9.89. The van der Waals surface area contributed by atoms with Crippen molar-refractivity contribution >= 4 is 33.2 Å². The summed E-state index contributed by atoms with van der Waals surface area (Å²) in [6, 6.07) is 10.9. The second kappa shape index (κ2) is 9.64. The molecule has 0 bridgehead atoms. The fourth-order valence-corrected chi connectivity index (χ4v) is 6.87. The van der Waals surface area contributed by atoms with Crippen molar-refractivity contribution in [2.75, 3.05) is 40.3 Å².